The number of nitrogens with zero attached hydrogens (tertiary/aromatic N) is 3. The summed E-state index contributed by atoms with van der Waals surface area (Å²) in [6, 6.07) is 7.33. The molecular weight excluding hydrogens is 563 g/mol. The zero-order valence-electron chi connectivity index (χ0n) is 18.7. The van der Waals surface area contributed by atoms with Crippen molar-refractivity contribution in [2.45, 2.75) is 19.4 Å². The van der Waals surface area contributed by atoms with Crippen molar-refractivity contribution in [3.8, 4) is 0 Å². The maximum Gasteiger partial charge on any atom is 0.317 e. The van der Waals surface area contributed by atoms with E-state index >= 15 is 0 Å². The van der Waals surface area contributed by atoms with Crippen LogP contribution in [0.5, 0.6) is 0 Å². The number of carboxylic acids is 3. The summed E-state index contributed by atoms with van der Waals surface area (Å²) < 4.78 is 0.614. The number of hydrogen-bond acceptors (Lipinski definition) is 7. The van der Waals surface area contributed by atoms with Gasteiger partial charge in [0.05, 0.1) is 19.6 Å². The Bertz CT molecular complexity index is 810. The molecule has 1 aromatic rings. The fraction of sp³-hybridized carbons (Fsp3) is 0.524. The Morgan fingerprint density at radius 2 is 1.58 bits per heavy atom. The molecular formula is C21H31IN4O6S. The second-order valence-corrected chi connectivity index (χ2v) is 9.89. The SMILES string of the molecule is CCN(CC(=O)O)C[C@H](Cc1ccc(NC(=S)I)cc1)N(CCN(C)CC(=O)O)CC(=O)O. The number of halogens is 1. The summed E-state index contributed by atoms with van der Waals surface area (Å²) in [6.45, 7) is 2.86. The Labute approximate surface area is 212 Å². The lowest BCUT2D eigenvalue weighted by Gasteiger charge is -2.35. The number of hydrogen-bond donors (Lipinski definition) is 4. The van der Waals surface area contributed by atoms with Gasteiger partial charge in [-0.05, 0) is 60.3 Å². The fourth-order valence-corrected chi connectivity index (χ4v) is 3.82. The quantitative estimate of drug-likeness (QED) is 0.0962. The number of nitrogens with one attached hydrogen (secondary N) is 1. The summed E-state index contributed by atoms with van der Waals surface area (Å²) in [4.78, 5) is 39.0. The van der Waals surface area contributed by atoms with Gasteiger partial charge in [0.1, 0.15) is 3.00 Å². The highest BCUT2D eigenvalue weighted by Crippen LogP contribution is 2.16. The van der Waals surface area contributed by atoms with E-state index < -0.39 is 17.9 Å². The van der Waals surface area contributed by atoms with Crippen LogP contribution in [0.1, 0.15) is 12.5 Å². The molecule has 0 heterocycles. The molecule has 1 aromatic carbocycles. The van der Waals surface area contributed by atoms with Crippen LogP contribution in [-0.4, -0.2) is 110 Å². The predicted molar refractivity (Wildman–Crippen MR) is 138 cm³/mol. The van der Waals surface area contributed by atoms with Gasteiger partial charge in [0.2, 0.25) is 0 Å². The molecule has 0 aromatic heterocycles. The molecule has 12 heteroatoms. The maximum atomic E-state index is 11.6. The zero-order chi connectivity index (χ0) is 25.0. The van der Waals surface area contributed by atoms with Crippen molar-refractivity contribution in [3.05, 3.63) is 29.8 Å². The molecule has 1 atom stereocenters. The molecule has 0 aliphatic rings. The molecule has 184 valence electrons. The molecule has 0 amide bonds. The average molecular weight is 594 g/mol. The third-order valence-electron chi connectivity index (χ3n) is 4.97. The standard InChI is InChI=1S/C21H31IN4O6S/c1-3-25(13-19(29)30)11-17(10-15-4-6-16(7-5-15)23-21(22)33)26(14-20(31)32)9-8-24(2)12-18(27)28/h4-7,17H,3,8-14H2,1-2H3,(H,23,33)(H,27,28)(H,29,30)(H,31,32)/t17-/m0/s1. The van der Waals surface area contributed by atoms with Crippen molar-refractivity contribution >= 4 is 61.4 Å². The van der Waals surface area contributed by atoms with Gasteiger partial charge in [0.15, 0.2) is 0 Å². The van der Waals surface area contributed by atoms with Gasteiger partial charge in [-0.3, -0.25) is 29.1 Å². The molecule has 33 heavy (non-hydrogen) atoms. The van der Waals surface area contributed by atoms with Gasteiger partial charge in [-0.25, -0.2) is 0 Å². The topological polar surface area (TPSA) is 134 Å². The molecule has 0 aliphatic carbocycles. The molecule has 0 bridgehead atoms. The van der Waals surface area contributed by atoms with Crippen LogP contribution in [0.4, 0.5) is 5.69 Å². The van der Waals surface area contributed by atoms with Crippen LogP contribution in [0, 0.1) is 0 Å². The van der Waals surface area contributed by atoms with Gasteiger partial charge in [0, 0.05) is 31.4 Å². The number of likely N-dealkylation sites (N-methyl/N-ethyl adjacent to an activating group) is 2. The normalized spacial score (nSPS) is 12.2. The fourth-order valence-electron chi connectivity index (χ4n) is 3.39. The summed E-state index contributed by atoms with van der Waals surface area (Å²) in [6.07, 6.45) is 0.501. The van der Waals surface area contributed by atoms with Crippen molar-refractivity contribution in [2.24, 2.45) is 0 Å². The summed E-state index contributed by atoms with van der Waals surface area (Å²) in [5, 5.41) is 30.8. The van der Waals surface area contributed by atoms with Crippen molar-refractivity contribution in [3.63, 3.8) is 0 Å². The van der Waals surface area contributed by atoms with E-state index in [1.165, 1.54) is 0 Å². The van der Waals surface area contributed by atoms with E-state index in [-0.39, 0.29) is 25.7 Å². The smallest absolute Gasteiger partial charge is 0.317 e. The van der Waals surface area contributed by atoms with Crippen molar-refractivity contribution < 1.29 is 29.7 Å². The Morgan fingerprint density at radius 3 is 2.06 bits per heavy atom. The van der Waals surface area contributed by atoms with Gasteiger partial charge >= 0.3 is 17.9 Å². The Morgan fingerprint density at radius 1 is 1.00 bits per heavy atom. The predicted octanol–water partition coefficient (Wildman–Crippen LogP) is 1.54. The van der Waals surface area contributed by atoms with Crippen LogP contribution in [0.3, 0.4) is 0 Å². The van der Waals surface area contributed by atoms with Crippen molar-refractivity contribution in [2.75, 3.05) is 58.2 Å². The van der Waals surface area contributed by atoms with Gasteiger partial charge in [-0.15, -0.1) is 0 Å². The van der Waals surface area contributed by atoms with E-state index in [4.69, 9.17) is 17.3 Å². The van der Waals surface area contributed by atoms with E-state index in [1.54, 1.807) is 21.7 Å². The molecule has 0 unspecified atom stereocenters. The van der Waals surface area contributed by atoms with Crippen LogP contribution in [0.15, 0.2) is 24.3 Å². The van der Waals surface area contributed by atoms with Gasteiger partial charge < -0.3 is 20.6 Å². The minimum atomic E-state index is -1.00. The first kappa shape index (κ1) is 29.2. The Kier molecular flexibility index (Phi) is 13.4. The number of carboxylic acid groups (broad SMARTS) is 3. The zero-order valence-corrected chi connectivity index (χ0v) is 21.7. The second-order valence-electron chi connectivity index (χ2n) is 7.67. The first-order valence-corrected chi connectivity index (χ1v) is 11.8. The third kappa shape index (κ3) is 12.8. The number of rotatable bonds is 16. The van der Waals surface area contributed by atoms with E-state index in [2.05, 4.69) is 5.32 Å². The third-order valence-corrected chi connectivity index (χ3v) is 5.34. The number of benzene rings is 1. The first-order chi connectivity index (χ1) is 15.5. The lowest BCUT2D eigenvalue weighted by atomic mass is 10.0. The highest BCUT2D eigenvalue weighted by atomic mass is 127. The number of aliphatic carboxylic acids is 3. The molecule has 0 radical (unpaired) electrons. The van der Waals surface area contributed by atoms with E-state index in [0.29, 0.717) is 35.6 Å². The van der Waals surface area contributed by atoms with E-state index in [9.17, 15) is 24.6 Å². The second kappa shape index (κ2) is 15.1. The van der Waals surface area contributed by atoms with Crippen molar-refractivity contribution in [1.82, 2.24) is 14.7 Å². The van der Waals surface area contributed by atoms with Gasteiger partial charge in [-0.2, -0.15) is 0 Å². The van der Waals surface area contributed by atoms with Gasteiger partial charge in [-0.1, -0.05) is 31.3 Å². The lowest BCUT2D eigenvalue weighted by Crippen LogP contribution is -2.50. The van der Waals surface area contributed by atoms with Crippen LogP contribution < -0.4 is 5.32 Å². The molecule has 0 fully saturated rings. The monoisotopic (exact) mass is 594 g/mol. The highest BCUT2D eigenvalue weighted by molar-refractivity contribution is 14.1. The van der Waals surface area contributed by atoms with Crippen LogP contribution in [0.2, 0.25) is 0 Å². The molecule has 0 saturated carbocycles. The number of carbonyl (C=O) groups is 3. The maximum absolute atomic E-state index is 11.6. The summed E-state index contributed by atoms with van der Waals surface area (Å²) in [7, 11) is 1.66. The average Bonchev–Trinajstić information content (AvgIpc) is 2.69. The van der Waals surface area contributed by atoms with Crippen LogP contribution >= 0.6 is 34.8 Å². The molecule has 0 saturated heterocycles. The highest BCUT2D eigenvalue weighted by Gasteiger charge is 2.25. The van der Waals surface area contributed by atoms with E-state index in [1.807, 2.05) is 53.8 Å². The van der Waals surface area contributed by atoms with Gasteiger partial charge in [0.25, 0.3) is 0 Å². The molecule has 10 nitrogen and oxygen atoms in total. The summed E-state index contributed by atoms with van der Waals surface area (Å²) in [5.41, 5.74) is 1.80. The molecule has 0 aliphatic heterocycles. The Hall–Kier alpha value is -1.87. The van der Waals surface area contributed by atoms with Crippen LogP contribution in [-0.2, 0) is 20.8 Å². The minimum absolute atomic E-state index is 0.150. The molecule has 0 spiro atoms. The summed E-state index contributed by atoms with van der Waals surface area (Å²) in [5.74, 6) is -2.92. The largest absolute Gasteiger partial charge is 0.480 e. The number of anilines is 1. The number of thiocarbonyl (C=S) groups is 1. The van der Waals surface area contributed by atoms with Crippen LogP contribution in [0.25, 0.3) is 0 Å². The Balaban J connectivity index is 3.10. The minimum Gasteiger partial charge on any atom is -0.480 e. The first-order valence-electron chi connectivity index (χ1n) is 10.4. The lowest BCUT2D eigenvalue weighted by molar-refractivity contribution is -0.141. The van der Waals surface area contributed by atoms with Crippen molar-refractivity contribution in [1.29, 1.82) is 0 Å². The molecule has 1 rings (SSSR count). The summed E-state index contributed by atoms with van der Waals surface area (Å²) >= 11 is 7.05. The molecule has 4 N–H and O–H groups in total. The van der Waals surface area contributed by atoms with E-state index in [0.717, 1.165) is 11.3 Å².